The van der Waals surface area contributed by atoms with Gasteiger partial charge in [-0.3, -0.25) is 9.79 Å². The minimum Gasteiger partial charge on any atom is -0.402 e. The molecule has 4 N–H and O–H groups in total. The van der Waals surface area contributed by atoms with Crippen molar-refractivity contribution in [2.24, 2.45) is 16.5 Å². The molecule has 26 heavy (non-hydrogen) atoms. The first-order chi connectivity index (χ1) is 12.5. The Kier molecular flexibility index (Phi) is 6.31. The van der Waals surface area contributed by atoms with Gasteiger partial charge in [-0.15, -0.1) is 0 Å². The van der Waals surface area contributed by atoms with Crippen molar-refractivity contribution in [1.82, 2.24) is 9.97 Å². The van der Waals surface area contributed by atoms with Gasteiger partial charge >= 0.3 is 0 Å². The van der Waals surface area contributed by atoms with Crippen molar-refractivity contribution < 1.29 is 4.79 Å². The summed E-state index contributed by atoms with van der Waals surface area (Å²) in [5.74, 6) is 0.0431. The fraction of sp³-hybridized carbons (Fsp3) is 0.211. The minimum absolute atomic E-state index is 0.195. The molecule has 1 aromatic carbocycles. The molecule has 132 valence electrons. The predicted molar refractivity (Wildman–Crippen MR) is 101 cm³/mol. The number of Topliss-reactive ketones (excluding diaryl/α,β-unsaturated/α-hetero) is 1. The molecule has 1 aromatic heterocycles. The van der Waals surface area contributed by atoms with Gasteiger partial charge in [-0.1, -0.05) is 0 Å². The lowest BCUT2D eigenvalue weighted by atomic mass is 9.97. The van der Waals surface area contributed by atoms with Crippen molar-refractivity contribution in [1.29, 1.82) is 5.26 Å². The van der Waals surface area contributed by atoms with Crippen molar-refractivity contribution >= 4 is 11.5 Å². The summed E-state index contributed by atoms with van der Waals surface area (Å²) >= 11 is 0. The second kappa shape index (κ2) is 8.65. The molecule has 0 bridgehead atoms. The van der Waals surface area contributed by atoms with Crippen LogP contribution >= 0.6 is 0 Å². The summed E-state index contributed by atoms with van der Waals surface area (Å²) < 4.78 is 0. The van der Waals surface area contributed by atoms with E-state index in [1.54, 1.807) is 31.5 Å². The Morgan fingerprint density at radius 1 is 1.35 bits per heavy atom. The van der Waals surface area contributed by atoms with Crippen LogP contribution in [0.5, 0.6) is 0 Å². The number of hydrogen-bond donors (Lipinski definition) is 2. The van der Waals surface area contributed by atoms with Gasteiger partial charge in [0.2, 0.25) is 5.78 Å². The number of ketones is 1. The van der Waals surface area contributed by atoms with Crippen molar-refractivity contribution in [3.63, 3.8) is 0 Å². The Morgan fingerprint density at radius 2 is 2.04 bits per heavy atom. The molecule has 7 heteroatoms. The summed E-state index contributed by atoms with van der Waals surface area (Å²) in [7, 11) is 1.51. The van der Waals surface area contributed by atoms with Crippen LogP contribution in [0.4, 0.5) is 0 Å². The number of benzene rings is 1. The fourth-order valence-corrected chi connectivity index (χ4v) is 2.37. The van der Waals surface area contributed by atoms with E-state index in [1.165, 1.54) is 19.2 Å². The second-order valence-electron chi connectivity index (χ2n) is 5.65. The molecule has 0 aliphatic rings. The van der Waals surface area contributed by atoms with E-state index in [4.69, 9.17) is 11.5 Å². The Labute approximate surface area is 152 Å². The molecule has 7 nitrogen and oxygen atoms in total. The maximum Gasteiger partial charge on any atom is 0.211 e. The highest BCUT2D eigenvalue weighted by atomic mass is 16.1. The number of nitriles is 1. The average molecular weight is 348 g/mol. The lowest BCUT2D eigenvalue weighted by Crippen LogP contribution is -2.15. The number of carbonyl (C=O) groups excluding carboxylic acids is 1. The summed E-state index contributed by atoms with van der Waals surface area (Å²) in [6.07, 6.45) is 5.53. The molecule has 0 spiro atoms. The maximum absolute atomic E-state index is 12.9. The molecule has 0 unspecified atom stereocenters. The summed E-state index contributed by atoms with van der Waals surface area (Å²) in [6, 6.07) is 6.83. The van der Waals surface area contributed by atoms with E-state index in [0.29, 0.717) is 41.2 Å². The number of rotatable bonds is 6. The largest absolute Gasteiger partial charge is 0.402 e. The molecule has 0 saturated carbocycles. The Morgan fingerprint density at radius 3 is 2.58 bits per heavy atom. The Hall–Kier alpha value is -3.37. The van der Waals surface area contributed by atoms with Gasteiger partial charge in [-0.05, 0) is 49.7 Å². The van der Waals surface area contributed by atoms with Gasteiger partial charge in [0, 0.05) is 36.3 Å². The van der Waals surface area contributed by atoms with Crippen molar-refractivity contribution in [2.45, 2.75) is 13.3 Å². The lowest BCUT2D eigenvalue weighted by molar-refractivity contribution is 0.106. The van der Waals surface area contributed by atoms with Crippen LogP contribution < -0.4 is 11.5 Å². The van der Waals surface area contributed by atoms with Crippen LogP contribution in [0.1, 0.15) is 28.4 Å². The Balaban J connectivity index is 2.56. The number of nitrogens with two attached hydrogens (primary N) is 2. The maximum atomic E-state index is 12.9. The number of nitrogens with zero attached hydrogens (tertiary/aromatic N) is 4. The van der Waals surface area contributed by atoms with Crippen LogP contribution in [0.3, 0.4) is 0 Å². The van der Waals surface area contributed by atoms with Gasteiger partial charge in [0.15, 0.2) is 5.82 Å². The smallest absolute Gasteiger partial charge is 0.211 e. The molecule has 2 rings (SSSR count). The highest BCUT2D eigenvalue weighted by molar-refractivity contribution is 6.50. The van der Waals surface area contributed by atoms with E-state index in [0.717, 1.165) is 5.56 Å². The molecular formula is C19H20N6O. The zero-order valence-corrected chi connectivity index (χ0v) is 14.7. The first kappa shape index (κ1) is 19.0. The highest BCUT2D eigenvalue weighted by Crippen LogP contribution is 2.23. The predicted octanol–water partition coefficient (Wildman–Crippen LogP) is 1.63. The number of aromatic nitrogens is 2. The van der Waals surface area contributed by atoms with Gasteiger partial charge < -0.3 is 11.5 Å². The van der Waals surface area contributed by atoms with Crippen molar-refractivity contribution in [2.75, 3.05) is 13.6 Å². The molecule has 0 amide bonds. The second-order valence-corrected chi connectivity index (χ2v) is 5.65. The number of carbonyl (C=O) groups is 1. The minimum atomic E-state index is -0.348. The van der Waals surface area contributed by atoms with Gasteiger partial charge in [0.05, 0.1) is 11.6 Å². The monoisotopic (exact) mass is 348 g/mol. The lowest BCUT2D eigenvalue weighted by Gasteiger charge is -2.09. The first-order valence-corrected chi connectivity index (χ1v) is 8.01. The normalized spacial score (nSPS) is 11.9. The number of allylic oxidation sites excluding steroid dienone is 2. The summed E-state index contributed by atoms with van der Waals surface area (Å²) in [6.45, 7) is 2.18. The van der Waals surface area contributed by atoms with Gasteiger partial charge in [0.25, 0.3) is 0 Å². The summed E-state index contributed by atoms with van der Waals surface area (Å²) in [4.78, 5) is 25.6. The SMILES string of the molecule is CN=C(C=C(C)N)C(=O)c1cc(C#N)ccc1-c1ncc(CCN)cn1. The molecule has 2 aromatic rings. The van der Waals surface area contributed by atoms with Crippen LogP contribution in [-0.4, -0.2) is 35.1 Å². The van der Waals surface area contributed by atoms with Crippen LogP contribution in [0.15, 0.2) is 47.4 Å². The third kappa shape index (κ3) is 4.37. The molecule has 0 atom stereocenters. The number of aliphatic imine (C=N–C) groups is 1. The molecule has 0 saturated heterocycles. The van der Waals surface area contributed by atoms with Crippen LogP contribution in [0, 0.1) is 11.3 Å². The van der Waals surface area contributed by atoms with Crippen LogP contribution in [0.25, 0.3) is 11.4 Å². The van der Waals surface area contributed by atoms with Crippen molar-refractivity contribution in [3.05, 3.63) is 59.1 Å². The van der Waals surface area contributed by atoms with Crippen LogP contribution in [0.2, 0.25) is 0 Å². The summed E-state index contributed by atoms with van der Waals surface area (Å²) in [5, 5.41) is 9.18. The third-order valence-corrected chi connectivity index (χ3v) is 3.61. The molecule has 0 radical (unpaired) electrons. The molecule has 0 aliphatic carbocycles. The first-order valence-electron chi connectivity index (χ1n) is 8.01. The molecular weight excluding hydrogens is 328 g/mol. The number of hydrogen-bond acceptors (Lipinski definition) is 7. The standard InChI is InChI=1S/C19H20N6O/c1-12(22)7-17(23-2)18(26)16-8-13(9-21)3-4-15(16)19-24-10-14(5-6-20)11-25-19/h3-4,7-8,10-11H,5-6,20,22H2,1-2H3. The van der Waals surface area contributed by atoms with E-state index in [-0.39, 0.29) is 11.5 Å². The van der Waals surface area contributed by atoms with E-state index in [1.807, 2.05) is 6.07 Å². The fourth-order valence-electron chi connectivity index (χ4n) is 2.37. The van der Waals surface area contributed by atoms with Gasteiger partial charge in [-0.25, -0.2) is 9.97 Å². The molecule has 1 heterocycles. The summed E-state index contributed by atoms with van der Waals surface area (Å²) in [5.41, 5.74) is 14.0. The molecule has 0 fully saturated rings. The molecule has 0 aliphatic heterocycles. The quantitative estimate of drug-likeness (QED) is 0.602. The van der Waals surface area contributed by atoms with E-state index >= 15 is 0 Å². The zero-order valence-electron chi connectivity index (χ0n) is 14.7. The highest BCUT2D eigenvalue weighted by Gasteiger charge is 2.19. The Bertz CT molecular complexity index is 903. The van der Waals surface area contributed by atoms with E-state index < -0.39 is 0 Å². The van der Waals surface area contributed by atoms with Crippen molar-refractivity contribution in [3.8, 4) is 17.5 Å². The van der Waals surface area contributed by atoms with Crippen LogP contribution in [-0.2, 0) is 6.42 Å². The topological polar surface area (TPSA) is 131 Å². The van der Waals surface area contributed by atoms with E-state index in [9.17, 15) is 10.1 Å². The third-order valence-electron chi connectivity index (χ3n) is 3.61. The van der Waals surface area contributed by atoms with Gasteiger partial charge in [0.1, 0.15) is 5.71 Å². The van der Waals surface area contributed by atoms with Gasteiger partial charge in [-0.2, -0.15) is 5.26 Å². The van der Waals surface area contributed by atoms with E-state index in [2.05, 4.69) is 15.0 Å². The average Bonchev–Trinajstić information content (AvgIpc) is 2.66. The zero-order chi connectivity index (χ0) is 19.1.